The van der Waals surface area contributed by atoms with Gasteiger partial charge in [-0.3, -0.25) is 0 Å². The molecule has 0 fully saturated rings. The second kappa shape index (κ2) is 60.1. The predicted molar refractivity (Wildman–Crippen MR) is 57.2 cm³/mol. The molecule has 0 unspecified atom stereocenters. The standard InChI is InChI=1S/4C2H4O2.2Co.4H2O/c4*1-2(3)4;;;;;;/h4*1H3,(H,3,4);;;4*1H2/q;;;;2*+2;;;;/p-4. The van der Waals surface area contributed by atoms with E-state index in [-0.39, 0.29) is 55.5 Å². The first-order chi connectivity index (χ1) is 6.93. The molecule has 0 heterocycles. The Bertz CT molecular complexity index is 169. The van der Waals surface area contributed by atoms with Crippen LogP contribution in [-0.2, 0) is 52.7 Å². The van der Waals surface area contributed by atoms with Crippen molar-refractivity contribution in [3.8, 4) is 0 Å². The molecule has 0 spiro atoms. The summed E-state index contributed by atoms with van der Waals surface area (Å²) in [5, 5.41) is 35.6. The van der Waals surface area contributed by atoms with Crippen LogP contribution in [0.15, 0.2) is 0 Å². The second-order valence-corrected chi connectivity index (χ2v) is 1.97. The van der Waals surface area contributed by atoms with E-state index < -0.39 is 23.9 Å². The third-order valence-electron chi connectivity index (χ3n) is 0. The summed E-state index contributed by atoms with van der Waals surface area (Å²) in [4.78, 5) is 35.6. The number of carboxylic acid groups (broad SMARTS) is 4. The van der Waals surface area contributed by atoms with Crippen molar-refractivity contribution in [1.29, 1.82) is 0 Å². The zero-order valence-electron chi connectivity index (χ0n) is 11.9. The smallest absolute Gasteiger partial charge is 0.550 e. The quantitative estimate of drug-likeness (QED) is 0.357. The summed E-state index contributed by atoms with van der Waals surface area (Å²) in [5.74, 6) is -4.33. The van der Waals surface area contributed by atoms with Crippen LogP contribution in [0.2, 0.25) is 0 Å². The van der Waals surface area contributed by atoms with Crippen molar-refractivity contribution in [3.63, 3.8) is 0 Å². The van der Waals surface area contributed by atoms with Gasteiger partial charge < -0.3 is 61.5 Å². The number of carbonyl (C=O) groups excluding carboxylic acids is 4. The number of carbonyl (C=O) groups is 4. The van der Waals surface area contributed by atoms with Crippen LogP contribution in [0.3, 0.4) is 0 Å². The average molecular weight is 426 g/mol. The maximum Gasteiger partial charge on any atom is 2.00 e. The van der Waals surface area contributed by atoms with Gasteiger partial charge in [0, 0.05) is 23.9 Å². The van der Waals surface area contributed by atoms with Crippen LogP contribution in [-0.4, -0.2) is 45.8 Å². The van der Waals surface area contributed by atoms with Gasteiger partial charge in [-0.1, -0.05) is 0 Å². The van der Waals surface area contributed by atoms with Crippen LogP contribution in [0.5, 0.6) is 0 Å². The molecule has 0 aliphatic carbocycles. The fourth-order valence-electron chi connectivity index (χ4n) is 0. The topological polar surface area (TPSA) is 287 Å². The molecular weight excluding hydrogens is 406 g/mol. The summed E-state index contributed by atoms with van der Waals surface area (Å²) in [5.41, 5.74) is 0. The Morgan fingerprint density at radius 2 is 0.455 bits per heavy atom. The summed E-state index contributed by atoms with van der Waals surface area (Å²) in [6.07, 6.45) is 0. The van der Waals surface area contributed by atoms with E-state index in [2.05, 4.69) is 0 Å². The van der Waals surface area contributed by atoms with Gasteiger partial charge in [-0.25, -0.2) is 0 Å². The van der Waals surface area contributed by atoms with Gasteiger partial charge in [0.1, 0.15) is 0 Å². The van der Waals surface area contributed by atoms with Crippen LogP contribution in [0.1, 0.15) is 27.7 Å². The zero-order chi connectivity index (χ0) is 14.3. The Labute approximate surface area is 147 Å². The van der Waals surface area contributed by atoms with E-state index in [9.17, 15) is 0 Å². The van der Waals surface area contributed by atoms with Gasteiger partial charge in [-0.15, -0.1) is 0 Å². The number of aliphatic carboxylic acids is 4. The van der Waals surface area contributed by atoms with Crippen molar-refractivity contribution in [3.05, 3.63) is 0 Å². The third kappa shape index (κ3) is 3670. The van der Waals surface area contributed by atoms with Crippen LogP contribution in [0.25, 0.3) is 0 Å². The summed E-state index contributed by atoms with van der Waals surface area (Å²) >= 11 is 0. The molecule has 0 atom stereocenters. The summed E-state index contributed by atoms with van der Waals surface area (Å²) in [6, 6.07) is 0. The first-order valence-corrected chi connectivity index (χ1v) is 3.63. The van der Waals surface area contributed by atoms with Crippen LogP contribution in [0.4, 0.5) is 0 Å². The van der Waals surface area contributed by atoms with E-state index in [1.165, 1.54) is 0 Å². The number of hydrogen-bond acceptors (Lipinski definition) is 8. The van der Waals surface area contributed by atoms with Crippen molar-refractivity contribution >= 4 is 23.9 Å². The molecule has 0 rings (SSSR count). The van der Waals surface area contributed by atoms with Gasteiger partial charge in [-0.05, 0) is 27.7 Å². The minimum absolute atomic E-state index is 0. The Morgan fingerprint density at radius 3 is 0.455 bits per heavy atom. The Balaban J connectivity index is -0.00000001000. The fraction of sp³-hybridized carbons (Fsp3) is 0.500. The van der Waals surface area contributed by atoms with Crippen molar-refractivity contribution < 1.29 is 95.1 Å². The van der Waals surface area contributed by atoms with Crippen LogP contribution in [0, 0.1) is 0 Å². The van der Waals surface area contributed by atoms with Crippen LogP contribution >= 0.6 is 0 Å². The van der Waals surface area contributed by atoms with Gasteiger partial charge in [0.15, 0.2) is 0 Å². The number of rotatable bonds is 0. The average Bonchev–Trinajstić information content (AvgIpc) is 1.76. The van der Waals surface area contributed by atoms with E-state index in [0.717, 1.165) is 27.7 Å². The molecule has 14 heteroatoms. The van der Waals surface area contributed by atoms with Gasteiger partial charge in [0.25, 0.3) is 0 Å². The molecule has 0 amide bonds. The van der Waals surface area contributed by atoms with Gasteiger partial charge in [-0.2, -0.15) is 0 Å². The van der Waals surface area contributed by atoms with E-state index in [0.29, 0.717) is 0 Å². The molecule has 0 aromatic carbocycles. The molecule has 0 saturated heterocycles. The zero-order valence-corrected chi connectivity index (χ0v) is 14.0. The molecule has 0 aliphatic heterocycles. The molecular formula is C8H20Co2O12. The molecule has 12 nitrogen and oxygen atoms in total. The maximum absolute atomic E-state index is 8.89. The third-order valence-corrected chi connectivity index (χ3v) is 0. The minimum Gasteiger partial charge on any atom is -0.550 e. The largest absolute Gasteiger partial charge is 2.00 e. The molecule has 8 N–H and O–H groups in total. The monoisotopic (exact) mass is 426 g/mol. The van der Waals surface area contributed by atoms with Crippen molar-refractivity contribution in [2.24, 2.45) is 0 Å². The first-order valence-electron chi connectivity index (χ1n) is 3.63. The van der Waals surface area contributed by atoms with Gasteiger partial charge >= 0.3 is 33.6 Å². The fourth-order valence-corrected chi connectivity index (χ4v) is 0. The minimum atomic E-state index is -1.08. The normalized spacial score (nSPS) is 4.55. The van der Waals surface area contributed by atoms with Crippen molar-refractivity contribution in [2.45, 2.75) is 27.7 Å². The predicted octanol–water partition coefficient (Wildman–Crippen LogP) is -8.28. The Kier molecular flexibility index (Phi) is 191. The molecule has 0 saturated carbocycles. The van der Waals surface area contributed by atoms with Crippen LogP contribution < -0.4 is 20.4 Å². The SMILES string of the molecule is CC(=O)[O-].CC(=O)[O-].CC(=O)[O-].CC(=O)[O-].O.O.O.O.[Co+2].[Co+2]. The molecule has 0 aliphatic rings. The maximum atomic E-state index is 8.89. The van der Waals surface area contributed by atoms with Gasteiger partial charge in [0.05, 0.1) is 0 Å². The number of hydrogen-bond donors (Lipinski definition) is 0. The summed E-state index contributed by atoms with van der Waals surface area (Å²) < 4.78 is 0. The van der Waals surface area contributed by atoms with E-state index >= 15 is 0 Å². The molecule has 0 aromatic heterocycles. The first kappa shape index (κ1) is 70.1. The summed E-state index contributed by atoms with van der Waals surface area (Å²) in [7, 11) is 0. The molecule has 0 aromatic rings. The molecule has 142 valence electrons. The summed E-state index contributed by atoms with van der Waals surface area (Å²) in [6.45, 7) is 3.89. The molecule has 2 radical (unpaired) electrons. The van der Waals surface area contributed by atoms with E-state index in [1.807, 2.05) is 0 Å². The van der Waals surface area contributed by atoms with E-state index in [4.69, 9.17) is 39.6 Å². The molecule has 0 bridgehead atoms. The van der Waals surface area contributed by atoms with Crippen molar-refractivity contribution in [2.75, 3.05) is 0 Å². The van der Waals surface area contributed by atoms with Gasteiger partial charge in [0.2, 0.25) is 0 Å². The van der Waals surface area contributed by atoms with E-state index in [1.54, 1.807) is 0 Å². The second-order valence-electron chi connectivity index (χ2n) is 1.97. The Morgan fingerprint density at radius 1 is 0.455 bits per heavy atom. The Hall–Kier alpha value is -1.27. The number of carboxylic acids is 4. The molecule has 22 heavy (non-hydrogen) atoms. The van der Waals surface area contributed by atoms with Crippen molar-refractivity contribution in [1.82, 2.24) is 0 Å².